The van der Waals surface area contributed by atoms with Crippen molar-refractivity contribution in [1.29, 1.82) is 0 Å². The van der Waals surface area contributed by atoms with E-state index in [2.05, 4.69) is 162 Å². The molecule has 2 saturated heterocycles. The molecule has 3 nitrogen and oxygen atoms in total. The van der Waals surface area contributed by atoms with Crippen LogP contribution in [0.15, 0.2) is 158 Å². The summed E-state index contributed by atoms with van der Waals surface area (Å²) in [5.41, 5.74) is 0. The maximum Gasteiger partial charge on any atom is 0.306 e. The van der Waals surface area contributed by atoms with E-state index in [0.29, 0.717) is 18.3 Å². The number of carbonyl (C=O) groups is 1. The first-order valence-corrected chi connectivity index (χ1v) is 18.9. The van der Waals surface area contributed by atoms with Crippen LogP contribution in [-0.2, 0) is 14.3 Å². The van der Waals surface area contributed by atoms with Gasteiger partial charge >= 0.3 is 5.97 Å². The van der Waals surface area contributed by atoms with Gasteiger partial charge in [-0.05, 0) is 88.2 Å². The smallest absolute Gasteiger partial charge is 0.306 e. The summed E-state index contributed by atoms with van der Waals surface area (Å²) in [7, 11) is 0. The molecule has 1 unspecified atom stereocenters. The Kier molecular flexibility index (Phi) is 28.2. The van der Waals surface area contributed by atoms with Crippen molar-refractivity contribution in [3.63, 3.8) is 0 Å². The Bertz CT molecular complexity index is 1160. The van der Waals surface area contributed by atoms with Crippen LogP contribution in [0.2, 0.25) is 0 Å². The van der Waals surface area contributed by atoms with Gasteiger partial charge in [0.25, 0.3) is 0 Å². The van der Waals surface area contributed by atoms with E-state index in [9.17, 15) is 4.79 Å². The minimum Gasteiger partial charge on any atom is -0.491 e. The average Bonchev–Trinajstić information content (AvgIpc) is 3.72. The molecule has 0 aliphatic carbocycles. The predicted octanol–water partition coefficient (Wildman–Crippen LogP) is 13.5. The average molecular weight is 679 g/mol. The number of hydrogen-bond acceptors (Lipinski definition) is 3. The fourth-order valence-electron chi connectivity index (χ4n) is 4.78. The highest BCUT2D eigenvalue weighted by atomic mass is 16.5. The highest BCUT2D eigenvalue weighted by Crippen LogP contribution is 2.22. The van der Waals surface area contributed by atoms with Crippen molar-refractivity contribution in [2.75, 3.05) is 0 Å². The van der Waals surface area contributed by atoms with E-state index in [1.165, 1.54) is 0 Å². The molecule has 0 saturated carbocycles. The van der Waals surface area contributed by atoms with Gasteiger partial charge in [-0.15, -0.1) is 0 Å². The third-order valence-electron chi connectivity index (χ3n) is 7.70. The molecule has 0 aromatic carbocycles. The Morgan fingerprint density at radius 3 is 1.36 bits per heavy atom. The van der Waals surface area contributed by atoms with Gasteiger partial charge in [0.2, 0.25) is 0 Å². The van der Waals surface area contributed by atoms with Crippen LogP contribution in [-0.4, -0.2) is 18.2 Å². The zero-order valence-electron chi connectivity index (χ0n) is 31.6. The van der Waals surface area contributed by atoms with E-state index in [1.807, 2.05) is 18.2 Å². The number of carbonyl (C=O) groups excluding carboxylic acids is 1. The highest BCUT2D eigenvalue weighted by molar-refractivity contribution is 5.71. The molecule has 2 heterocycles. The lowest BCUT2D eigenvalue weighted by Gasteiger charge is -2.02. The molecule has 0 N–H and O–H groups in total. The molecule has 50 heavy (non-hydrogen) atoms. The molecule has 2 aliphatic rings. The van der Waals surface area contributed by atoms with Crippen LogP contribution in [0.5, 0.6) is 0 Å². The third kappa shape index (κ3) is 27.8. The zero-order valence-corrected chi connectivity index (χ0v) is 31.6. The molecule has 4 atom stereocenters. The van der Waals surface area contributed by atoms with Crippen LogP contribution in [0.25, 0.3) is 0 Å². The summed E-state index contributed by atoms with van der Waals surface area (Å²) in [6, 6.07) is 0. The third-order valence-corrected chi connectivity index (χ3v) is 7.70. The van der Waals surface area contributed by atoms with Gasteiger partial charge in [0.05, 0.1) is 5.76 Å². The molecule has 272 valence electrons. The van der Waals surface area contributed by atoms with E-state index >= 15 is 0 Å². The Labute approximate surface area is 306 Å². The Morgan fingerprint density at radius 1 is 0.560 bits per heavy atom. The summed E-state index contributed by atoms with van der Waals surface area (Å²) >= 11 is 0. The lowest BCUT2D eigenvalue weighted by Crippen LogP contribution is -2.01. The molecule has 0 spiro atoms. The van der Waals surface area contributed by atoms with Crippen LogP contribution in [0.4, 0.5) is 0 Å². The molecule has 0 radical (unpaired) electrons. The van der Waals surface area contributed by atoms with Gasteiger partial charge in [0, 0.05) is 12.8 Å². The Hall–Kier alpha value is -4.11. The lowest BCUT2D eigenvalue weighted by molar-refractivity contribution is -0.139. The first kappa shape index (κ1) is 43.9. The molecule has 2 aliphatic heterocycles. The standard InChI is InChI=1S/C24H34O.C23H32O2/c1-4-5-14-17-22(2)18-15-12-10-8-6-7-9-11-13-16-19-24-21-20-23(3)25-24;1-3-4-13-16-21(2)17-14-11-9-7-5-6-8-10-12-15-18-22-19-20-23(24)25-22/h5-7,10-16,18-19,22,24H,3-4,8-9,17,20-21H2,1-2H3;4-6,9-15,17-18,21-22H,3,7-8,16,19-20H2,1-2H3/b7-6-,12-10-,13-11-,14-5-,18-15+,19-16+;6-5-,11-9-,12-10-,13-4-,17-14+,18-15+/t22-,24-;21-,22?/m00/s1. The second-order valence-electron chi connectivity index (χ2n) is 12.6. The molecule has 0 aromatic rings. The van der Waals surface area contributed by atoms with Crippen molar-refractivity contribution in [3.8, 4) is 0 Å². The van der Waals surface area contributed by atoms with Crippen LogP contribution in [0, 0.1) is 11.8 Å². The van der Waals surface area contributed by atoms with Crippen LogP contribution in [0.3, 0.4) is 0 Å². The molecular weight excluding hydrogens is 613 g/mol. The fraction of sp³-hybridized carbons (Fsp3) is 0.426. The largest absolute Gasteiger partial charge is 0.491 e. The number of hydrogen-bond donors (Lipinski definition) is 0. The van der Waals surface area contributed by atoms with E-state index in [0.717, 1.165) is 76.4 Å². The zero-order chi connectivity index (χ0) is 36.3. The van der Waals surface area contributed by atoms with E-state index in [4.69, 9.17) is 9.47 Å². The number of ether oxygens (including phenoxy) is 2. The van der Waals surface area contributed by atoms with Gasteiger partial charge < -0.3 is 9.47 Å². The number of esters is 1. The number of allylic oxidation sites excluding steroid dienone is 23. The molecule has 2 rings (SSSR count). The van der Waals surface area contributed by atoms with Gasteiger partial charge in [0.1, 0.15) is 12.2 Å². The van der Waals surface area contributed by atoms with E-state index in [1.54, 1.807) is 0 Å². The van der Waals surface area contributed by atoms with Crippen molar-refractivity contribution in [1.82, 2.24) is 0 Å². The van der Waals surface area contributed by atoms with Gasteiger partial charge in [-0.1, -0.05) is 168 Å². The molecule has 3 heteroatoms. The summed E-state index contributed by atoms with van der Waals surface area (Å²) in [5.74, 6) is 2.02. The van der Waals surface area contributed by atoms with E-state index in [-0.39, 0.29) is 18.2 Å². The Morgan fingerprint density at radius 2 is 0.980 bits per heavy atom. The van der Waals surface area contributed by atoms with Crippen molar-refractivity contribution < 1.29 is 14.3 Å². The molecule has 0 bridgehead atoms. The monoisotopic (exact) mass is 679 g/mol. The second kappa shape index (κ2) is 32.1. The van der Waals surface area contributed by atoms with Crippen LogP contribution in [0.1, 0.15) is 105 Å². The first-order chi connectivity index (χ1) is 24.4. The van der Waals surface area contributed by atoms with Crippen molar-refractivity contribution in [2.45, 2.75) is 117 Å². The topological polar surface area (TPSA) is 35.5 Å². The van der Waals surface area contributed by atoms with Gasteiger partial charge in [0.15, 0.2) is 0 Å². The maximum atomic E-state index is 10.9. The first-order valence-electron chi connectivity index (χ1n) is 18.9. The number of cyclic esters (lactones) is 1. The number of rotatable bonds is 22. The SMILES string of the molecule is C=C1CC[C@H](/C=C/C=C\C/C=C\C/C=C\C=C\[C@@H](C)C/C=C\CC)O1.CC/C=C\C[C@H](C)/C=C/C=C\C/C=C\C/C=C\C=C\C1CCC(=O)O1. The minimum atomic E-state index is -0.0905. The Balaban J connectivity index is 0.000000500. The van der Waals surface area contributed by atoms with Gasteiger partial charge in [-0.25, -0.2) is 0 Å². The van der Waals surface area contributed by atoms with Crippen molar-refractivity contribution in [2.24, 2.45) is 11.8 Å². The summed E-state index contributed by atoms with van der Waals surface area (Å²) < 4.78 is 10.6. The maximum absolute atomic E-state index is 10.9. The summed E-state index contributed by atoms with van der Waals surface area (Å²) in [6.07, 6.45) is 63.4. The van der Waals surface area contributed by atoms with Crippen molar-refractivity contribution >= 4 is 5.97 Å². The minimum absolute atomic E-state index is 0.0312. The quantitative estimate of drug-likeness (QED) is 0.0649. The highest BCUT2D eigenvalue weighted by Gasteiger charge is 2.20. The summed E-state index contributed by atoms with van der Waals surface area (Å²) in [6.45, 7) is 12.7. The normalized spacial score (nSPS) is 20.4. The predicted molar refractivity (Wildman–Crippen MR) is 219 cm³/mol. The van der Waals surface area contributed by atoms with Crippen molar-refractivity contribution in [3.05, 3.63) is 158 Å². The summed E-state index contributed by atoms with van der Waals surface area (Å²) in [5, 5.41) is 0. The van der Waals surface area contributed by atoms with E-state index < -0.39 is 0 Å². The fourth-order valence-corrected chi connectivity index (χ4v) is 4.78. The van der Waals surface area contributed by atoms with Crippen LogP contribution >= 0.6 is 0 Å². The molecule has 0 amide bonds. The summed E-state index contributed by atoms with van der Waals surface area (Å²) in [4.78, 5) is 10.9. The lowest BCUT2D eigenvalue weighted by atomic mass is 10.1. The second-order valence-corrected chi connectivity index (χ2v) is 12.6. The molecule has 0 aromatic heterocycles. The molecular formula is C47H66O3. The molecule has 2 fully saturated rings. The van der Waals surface area contributed by atoms with Gasteiger partial charge in [-0.3, -0.25) is 4.79 Å². The van der Waals surface area contributed by atoms with Gasteiger partial charge in [-0.2, -0.15) is 0 Å². The van der Waals surface area contributed by atoms with Crippen LogP contribution < -0.4 is 0 Å².